The summed E-state index contributed by atoms with van der Waals surface area (Å²) in [5, 5.41) is 2.76. The number of hydrogen-bond donors (Lipinski definition) is 1. The summed E-state index contributed by atoms with van der Waals surface area (Å²) in [5.41, 5.74) is 0. The summed E-state index contributed by atoms with van der Waals surface area (Å²) >= 11 is 5.63. The molecule has 114 valence electrons. The first-order chi connectivity index (χ1) is 8.87. The van der Waals surface area contributed by atoms with Gasteiger partial charge in [-0.05, 0) is 12.8 Å². The Morgan fingerprint density at radius 3 is 2.89 bits per heavy atom. The minimum absolute atomic E-state index is 0.0739. The zero-order valence-electron chi connectivity index (χ0n) is 10.9. The van der Waals surface area contributed by atoms with Gasteiger partial charge in [0.25, 0.3) is 10.1 Å². The van der Waals surface area contributed by atoms with Crippen LogP contribution in [0.15, 0.2) is 0 Å². The van der Waals surface area contributed by atoms with Gasteiger partial charge >= 0.3 is 7.67 Å². The van der Waals surface area contributed by atoms with E-state index in [0.717, 1.165) is 19.1 Å². The van der Waals surface area contributed by atoms with Crippen LogP contribution in [0.2, 0.25) is 0 Å². The largest absolute Gasteiger partial charge is 0.343 e. The minimum atomic E-state index is -3.48. The molecule has 1 N–H and O–H groups in total. The average Bonchev–Trinajstić information content (AvgIpc) is 2.33. The molecular weight excluding hydrogens is 315 g/mol. The van der Waals surface area contributed by atoms with Gasteiger partial charge < -0.3 is 4.52 Å². The SMILES string of the molecule is CS(=O)(=O)OCCNP1(=O)OCCCN1CCCCl. The summed E-state index contributed by atoms with van der Waals surface area (Å²) in [6.07, 6.45) is 2.50. The average molecular weight is 335 g/mol. The van der Waals surface area contributed by atoms with E-state index in [0.29, 0.717) is 25.6 Å². The van der Waals surface area contributed by atoms with Crippen molar-refractivity contribution in [2.45, 2.75) is 12.8 Å². The quantitative estimate of drug-likeness (QED) is 0.307. The molecule has 0 spiro atoms. The van der Waals surface area contributed by atoms with Gasteiger partial charge in [-0.3, -0.25) is 8.75 Å². The van der Waals surface area contributed by atoms with Crippen LogP contribution in [-0.4, -0.2) is 58.1 Å². The highest BCUT2D eigenvalue weighted by molar-refractivity contribution is 7.85. The summed E-state index contributed by atoms with van der Waals surface area (Å²) in [4.78, 5) is 0. The van der Waals surface area contributed by atoms with Crippen LogP contribution in [0.5, 0.6) is 0 Å². The first-order valence-electron chi connectivity index (χ1n) is 6.03. The second-order valence-electron chi connectivity index (χ2n) is 4.14. The van der Waals surface area contributed by atoms with Gasteiger partial charge in [0, 0.05) is 25.5 Å². The van der Waals surface area contributed by atoms with Gasteiger partial charge in [-0.2, -0.15) is 8.42 Å². The molecule has 7 nitrogen and oxygen atoms in total. The lowest BCUT2D eigenvalue weighted by molar-refractivity contribution is 0.196. The second kappa shape index (κ2) is 7.93. The van der Waals surface area contributed by atoms with Crippen LogP contribution in [0, 0.1) is 0 Å². The summed E-state index contributed by atoms with van der Waals surface area (Å²) in [5.74, 6) is 0.494. The molecule has 0 saturated carbocycles. The van der Waals surface area contributed by atoms with Gasteiger partial charge in [-0.25, -0.2) is 9.76 Å². The molecule has 10 heteroatoms. The highest BCUT2D eigenvalue weighted by Crippen LogP contribution is 2.48. The molecule has 0 aromatic carbocycles. The first-order valence-corrected chi connectivity index (χ1v) is 9.96. The van der Waals surface area contributed by atoms with E-state index in [1.807, 2.05) is 0 Å². The van der Waals surface area contributed by atoms with Crippen molar-refractivity contribution < 1.29 is 21.7 Å². The molecule has 0 radical (unpaired) electrons. The number of nitrogens with one attached hydrogen (secondary N) is 1. The van der Waals surface area contributed by atoms with E-state index in [9.17, 15) is 13.0 Å². The maximum atomic E-state index is 12.5. The van der Waals surface area contributed by atoms with Crippen LogP contribution in [0.4, 0.5) is 0 Å². The zero-order chi connectivity index (χ0) is 14.4. The molecule has 1 heterocycles. The van der Waals surface area contributed by atoms with Crippen LogP contribution >= 0.6 is 19.3 Å². The molecule has 1 fully saturated rings. The number of nitrogens with zero attached hydrogens (tertiary/aromatic N) is 1. The Kier molecular flexibility index (Phi) is 7.24. The Bertz CT molecular complexity index is 419. The number of rotatable bonds is 8. The summed E-state index contributed by atoms with van der Waals surface area (Å²) in [7, 11) is -6.56. The number of alkyl halides is 1. The molecule has 1 aliphatic heterocycles. The summed E-state index contributed by atoms with van der Waals surface area (Å²) in [6, 6.07) is 0. The highest BCUT2D eigenvalue weighted by Gasteiger charge is 2.34. The topological polar surface area (TPSA) is 84.9 Å². The predicted molar refractivity (Wildman–Crippen MR) is 73.9 cm³/mol. The van der Waals surface area contributed by atoms with Crippen molar-refractivity contribution in [2.75, 3.05) is 45.0 Å². The summed E-state index contributed by atoms with van der Waals surface area (Å²) < 4.78 is 45.8. The summed E-state index contributed by atoms with van der Waals surface area (Å²) in [6.45, 7) is 1.75. The molecule has 0 amide bonds. The van der Waals surface area contributed by atoms with Gasteiger partial charge in [0.2, 0.25) is 0 Å². The Morgan fingerprint density at radius 2 is 2.26 bits per heavy atom. The van der Waals surface area contributed by atoms with Crippen LogP contribution in [0.3, 0.4) is 0 Å². The van der Waals surface area contributed by atoms with E-state index in [4.69, 9.17) is 16.1 Å². The number of hydrogen-bond acceptors (Lipinski definition) is 5. The van der Waals surface area contributed by atoms with Crippen molar-refractivity contribution in [1.29, 1.82) is 0 Å². The van der Waals surface area contributed by atoms with Crippen molar-refractivity contribution in [1.82, 2.24) is 9.76 Å². The molecule has 0 aromatic rings. The van der Waals surface area contributed by atoms with Crippen molar-refractivity contribution >= 4 is 29.4 Å². The zero-order valence-corrected chi connectivity index (χ0v) is 13.3. The molecule has 1 aliphatic rings. The lowest BCUT2D eigenvalue weighted by Gasteiger charge is -2.34. The Morgan fingerprint density at radius 1 is 1.53 bits per heavy atom. The maximum Gasteiger partial charge on any atom is 0.343 e. The lowest BCUT2D eigenvalue weighted by Crippen LogP contribution is -2.36. The van der Waals surface area contributed by atoms with E-state index in [1.165, 1.54) is 0 Å². The molecule has 0 aromatic heterocycles. The molecule has 0 aliphatic carbocycles. The Labute approximate surface area is 119 Å². The van der Waals surface area contributed by atoms with Gasteiger partial charge in [0.15, 0.2) is 0 Å². The van der Waals surface area contributed by atoms with Crippen molar-refractivity contribution in [2.24, 2.45) is 0 Å². The highest BCUT2D eigenvalue weighted by atomic mass is 35.5. The number of halogens is 1. The van der Waals surface area contributed by atoms with E-state index in [1.54, 1.807) is 4.67 Å². The monoisotopic (exact) mass is 334 g/mol. The smallest absolute Gasteiger partial charge is 0.306 e. The standard InChI is InChI=1S/C9H20ClN2O5PS/c1-19(14,15)17-9-5-11-18(13)12(6-2-4-10)7-3-8-16-18/h2-9H2,1H3,(H,11,13). The van der Waals surface area contributed by atoms with Crippen LogP contribution in [-0.2, 0) is 23.4 Å². The fraction of sp³-hybridized carbons (Fsp3) is 1.00. The molecule has 19 heavy (non-hydrogen) atoms. The Balaban J connectivity index is 2.44. The molecule has 1 atom stereocenters. The molecule has 1 rings (SSSR count). The van der Waals surface area contributed by atoms with Crippen molar-refractivity contribution in [3.63, 3.8) is 0 Å². The fourth-order valence-electron chi connectivity index (χ4n) is 1.66. The minimum Gasteiger partial charge on any atom is -0.306 e. The molecule has 1 saturated heterocycles. The molecule has 0 bridgehead atoms. The second-order valence-corrected chi connectivity index (χ2v) is 8.34. The van der Waals surface area contributed by atoms with Crippen LogP contribution in [0.25, 0.3) is 0 Å². The normalized spacial score (nSPS) is 25.6. The third kappa shape index (κ3) is 6.53. The Hall–Kier alpha value is 0.310. The van der Waals surface area contributed by atoms with Crippen molar-refractivity contribution in [3.8, 4) is 0 Å². The van der Waals surface area contributed by atoms with Gasteiger partial charge in [0.05, 0.1) is 19.5 Å². The first kappa shape index (κ1) is 17.4. The molecule has 1 unspecified atom stereocenters. The third-order valence-corrected chi connectivity index (χ3v) is 5.62. The van der Waals surface area contributed by atoms with E-state index in [2.05, 4.69) is 9.27 Å². The van der Waals surface area contributed by atoms with Gasteiger partial charge in [0.1, 0.15) is 0 Å². The van der Waals surface area contributed by atoms with Gasteiger partial charge in [-0.15, -0.1) is 11.6 Å². The maximum absolute atomic E-state index is 12.5. The molecular formula is C9H20ClN2O5PS. The van der Waals surface area contributed by atoms with Crippen LogP contribution < -0.4 is 5.09 Å². The van der Waals surface area contributed by atoms with E-state index in [-0.39, 0.29) is 13.2 Å². The third-order valence-electron chi connectivity index (χ3n) is 2.46. The lowest BCUT2D eigenvalue weighted by atomic mass is 10.4. The van der Waals surface area contributed by atoms with E-state index >= 15 is 0 Å². The predicted octanol–water partition coefficient (Wildman–Crippen LogP) is 1.01. The van der Waals surface area contributed by atoms with Gasteiger partial charge in [-0.1, -0.05) is 0 Å². The van der Waals surface area contributed by atoms with E-state index < -0.39 is 17.8 Å². The van der Waals surface area contributed by atoms with Crippen molar-refractivity contribution in [3.05, 3.63) is 0 Å². The fourth-order valence-corrected chi connectivity index (χ4v) is 4.18. The van der Waals surface area contributed by atoms with Crippen LogP contribution in [0.1, 0.15) is 12.8 Å².